The standard InChI is InChI=1S/C14H13NO2/c1-10(16)12-7-13(9-15-8-12)11-3-5-14(17-2)6-4-11/h3-9H,1-2H3. The molecule has 0 aliphatic rings. The molecular formula is C14H13NO2. The van der Waals surface area contributed by atoms with Crippen LogP contribution in [0.15, 0.2) is 42.7 Å². The zero-order valence-electron chi connectivity index (χ0n) is 9.81. The summed E-state index contributed by atoms with van der Waals surface area (Å²) < 4.78 is 5.10. The van der Waals surface area contributed by atoms with Gasteiger partial charge in [-0.25, -0.2) is 0 Å². The lowest BCUT2D eigenvalue weighted by Gasteiger charge is -2.04. The van der Waals surface area contributed by atoms with Gasteiger partial charge in [0.2, 0.25) is 0 Å². The summed E-state index contributed by atoms with van der Waals surface area (Å²) in [5.74, 6) is 0.831. The second-order valence-electron chi connectivity index (χ2n) is 3.75. The molecule has 0 amide bonds. The third kappa shape index (κ3) is 2.50. The van der Waals surface area contributed by atoms with E-state index in [4.69, 9.17) is 4.74 Å². The van der Waals surface area contributed by atoms with Crippen LogP contribution in [0.2, 0.25) is 0 Å². The van der Waals surface area contributed by atoms with Crippen LogP contribution in [0.4, 0.5) is 0 Å². The lowest BCUT2D eigenvalue weighted by atomic mass is 10.0. The van der Waals surface area contributed by atoms with Crippen LogP contribution >= 0.6 is 0 Å². The van der Waals surface area contributed by atoms with Crippen LogP contribution in [0.1, 0.15) is 17.3 Å². The van der Waals surface area contributed by atoms with Gasteiger partial charge in [0.25, 0.3) is 0 Å². The van der Waals surface area contributed by atoms with Gasteiger partial charge in [-0.3, -0.25) is 9.78 Å². The molecule has 2 aromatic rings. The summed E-state index contributed by atoms with van der Waals surface area (Å²) in [4.78, 5) is 15.3. The summed E-state index contributed by atoms with van der Waals surface area (Å²) in [7, 11) is 1.63. The molecule has 2 rings (SSSR count). The molecule has 0 saturated carbocycles. The number of ketones is 1. The van der Waals surface area contributed by atoms with Gasteiger partial charge in [-0.15, -0.1) is 0 Å². The Morgan fingerprint density at radius 1 is 1.12 bits per heavy atom. The molecule has 1 aromatic heterocycles. The van der Waals surface area contributed by atoms with E-state index in [9.17, 15) is 4.79 Å². The number of nitrogens with zero attached hydrogens (tertiary/aromatic N) is 1. The third-order valence-electron chi connectivity index (χ3n) is 2.57. The zero-order valence-corrected chi connectivity index (χ0v) is 9.81. The highest BCUT2D eigenvalue weighted by atomic mass is 16.5. The maximum Gasteiger partial charge on any atom is 0.161 e. The fourth-order valence-electron chi connectivity index (χ4n) is 1.57. The van der Waals surface area contributed by atoms with Crippen molar-refractivity contribution in [3.63, 3.8) is 0 Å². The van der Waals surface area contributed by atoms with Crippen molar-refractivity contribution in [3.05, 3.63) is 48.3 Å². The fourth-order valence-corrected chi connectivity index (χ4v) is 1.57. The molecule has 0 N–H and O–H groups in total. The van der Waals surface area contributed by atoms with Crippen molar-refractivity contribution in [1.82, 2.24) is 4.98 Å². The largest absolute Gasteiger partial charge is 0.497 e. The molecule has 0 atom stereocenters. The smallest absolute Gasteiger partial charge is 0.161 e. The van der Waals surface area contributed by atoms with Gasteiger partial charge in [0, 0.05) is 23.5 Å². The number of methoxy groups -OCH3 is 1. The highest BCUT2D eigenvalue weighted by Crippen LogP contribution is 2.22. The zero-order chi connectivity index (χ0) is 12.3. The van der Waals surface area contributed by atoms with Crippen molar-refractivity contribution < 1.29 is 9.53 Å². The maximum absolute atomic E-state index is 11.3. The molecule has 0 unspecified atom stereocenters. The third-order valence-corrected chi connectivity index (χ3v) is 2.57. The van der Waals surface area contributed by atoms with E-state index in [0.29, 0.717) is 5.56 Å². The van der Waals surface area contributed by atoms with Gasteiger partial charge in [-0.05, 0) is 30.7 Å². The average molecular weight is 227 g/mol. The number of carbonyl (C=O) groups excluding carboxylic acids is 1. The van der Waals surface area contributed by atoms with Crippen LogP contribution in [0.5, 0.6) is 5.75 Å². The predicted molar refractivity (Wildman–Crippen MR) is 66.2 cm³/mol. The van der Waals surface area contributed by atoms with Crippen molar-refractivity contribution >= 4 is 5.78 Å². The summed E-state index contributed by atoms with van der Waals surface area (Å²) in [5, 5.41) is 0. The molecule has 3 nitrogen and oxygen atoms in total. The van der Waals surface area contributed by atoms with E-state index in [-0.39, 0.29) is 5.78 Å². The van der Waals surface area contributed by atoms with Crippen LogP contribution in [-0.2, 0) is 0 Å². The summed E-state index contributed by atoms with van der Waals surface area (Å²) in [5.41, 5.74) is 2.57. The Balaban J connectivity index is 2.38. The van der Waals surface area contributed by atoms with Crippen LogP contribution in [-0.4, -0.2) is 17.9 Å². The van der Waals surface area contributed by atoms with Gasteiger partial charge in [0.05, 0.1) is 7.11 Å². The first-order chi connectivity index (χ1) is 8.20. The number of pyridine rings is 1. The second kappa shape index (κ2) is 4.78. The van der Waals surface area contributed by atoms with Gasteiger partial charge in [-0.2, -0.15) is 0 Å². The van der Waals surface area contributed by atoms with Crippen LogP contribution in [0.3, 0.4) is 0 Å². The lowest BCUT2D eigenvalue weighted by molar-refractivity contribution is 0.101. The van der Waals surface area contributed by atoms with E-state index in [2.05, 4.69) is 4.98 Å². The molecule has 0 radical (unpaired) electrons. The molecule has 86 valence electrons. The highest BCUT2D eigenvalue weighted by molar-refractivity contribution is 5.94. The Bertz CT molecular complexity index is 532. The van der Waals surface area contributed by atoms with Gasteiger partial charge >= 0.3 is 0 Å². The molecule has 0 bridgehead atoms. The highest BCUT2D eigenvalue weighted by Gasteiger charge is 2.03. The number of hydrogen-bond acceptors (Lipinski definition) is 3. The molecule has 0 aliphatic carbocycles. The Hall–Kier alpha value is -2.16. The average Bonchev–Trinajstić information content (AvgIpc) is 2.39. The van der Waals surface area contributed by atoms with Gasteiger partial charge in [0.15, 0.2) is 5.78 Å². The predicted octanol–water partition coefficient (Wildman–Crippen LogP) is 2.96. The molecule has 0 aliphatic heterocycles. The van der Waals surface area contributed by atoms with E-state index in [1.54, 1.807) is 19.5 Å². The number of carbonyl (C=O) groups is 1. The number of hydrogen-bond donors (Lipinski definition) is 0. The second-order valence-corrected chi connectivity index (χ2v) is 3.75. The Morgan fingerprint density at radius 2 is 1.82 bits per heavy atom. The first-order valence-electron chi connectivity index (χ1n) is 5.31. The minimum Gasteiger partial charge on any atom is -0.497 e. The van der Waals surface area contributed by atoms with Crippen LogP contribution in [0.25, 0.3) is 11.1 Å². The monoisotopic (exact) mass is 227 g/mol. The van der Waals surface area contributed by atoms with Crippen LogP contribution in [0, 0.1) is 0 Å². The maximum atomic E-state index is 11.3. The molecule has 1 aromatic carbocycles. The Labute approximate surface area is 100 Å². The number of rotatable bonds is 3. The molecule has 0 saturated heterocycles. The Morgan fingerprint density at radius 3 is 2.41 bits per heavy atom. The van der Waals surface area contributed by atoms with Crippen molar-refractivity contribution in [2.24, 2.45) is 0 Å². The summed E-state index contributed by atoms with van der Waals surface area (Å²) >= 11 is 0. The molecule has 1 heterocycles. The first-order valence-corrected chi connectivity index (χ1v) is 5.31. The van der Waals surface area contributed by atoms with E-state index >= 15 is 0 Å². The van der Waals surface area contributed by atoms with E-state index in [0.717, 1.165) is 16.9 Å². The minimum absolute atomic E-state index is 0.0212. The number of benzene rings is 1. The summed E-state index contributed by atoms with van der Waals surface area (Å²) in [6.07, 6.45) is 3.32. The van der Waals surface area contributed by atoms with Crippen molar-refractivity contribution in [2.45, 2.75) is 6.92 Å². The van der Waals surface area contributed by atoms with E-state index in [1.165, 1.54) is 6.92 Å². The van der Waals surface area contributed by atoms with Crippen molar-refractivity contribution in [2.75, 3.05) is 7.11 Å². The number of aromatic nitrogens is 1. The topological polar surface area (TPSA) is 39.2 Å². The Kier molecular flexibility index (Phi) is 3.19. The quantitative estimate of drug-likeness (QED) is 0.757. The molecule has 0 fully saturated rings. The minimum atomic E-state index is 0.0212. The number of ether oxygens (including phenoxy) is 1. The molecule has 17 heavy (non-hydrogen) atoms. The molecule has 0 spiro atoms. The van der Waals surface area contributed by atoms with Gasteiger partial charge in [0.1, 0.15) is 5.75 Å². The fraction of sp³-hybridized carbons (Fsp3) is 0.143. The summed E-state index contributed by atoms with van der Waals surface area (Å²) in [6.45, 7) is 1.54. The summed E-state index contributed by atoms with van der Waals surface area (Å²) in [6, 6.07) is 9.50. The van der Waals surface area contributed by atoms with Gasteiger partial charge < -0.3 is 4.74 Å². The SMILES string of the molecule is COc1ccc(-c2cncc(C(C)=O)c2)cc1. The first kappa shape index (κ1) is 11.3. The van der Waals surface area contributed by atoms with Crippen molar-refractivity contribution in [1.29, 1.82) is 0 Å². The number of Topliss-reactive ketones (excluding diaryl/α,β-unsaturated/α-hetero) is 1. The normalized spacial score (nSPS) is 10.0. The van der Waals surface area contributed by atoms with Crippen molar-refractivity contribution in [3.8, 4) is 16.9 Å². The van der Waals surface area contributed by atoms with Crippen LogP contribution < -0.4 is 4.74 Å². The van der Waals surface area contributed by atoms with Gasteiger partial charge in [-0.1, -0.05) is 12.1 Å². The lowest BCUT2D eigenvalue weighted by Crippen LogP contribution is -1.93. The van der Waals surface area contributed by atoms with E-state index in [1.807, 2.05) is 30.3 Å². The molecule has 3 heteroatoms. The van der Waals surface area contributed by atoms with E-state index < -0.39 is 0 Å². The molecular weight excluding hydrogens is 214 g/mol.